The van der Waals surface area contributed by atoms with E-state index < -0.39 is 0 Å². The molecule has 0 bridgehead atoms. The molecule has 0 aliphatic carbocycles. The third kappa shape index (κ3) is 1.83. The molecule has 3 nitrogen and oxygen atoms in total. The molecule has 1 fully saturated rings. The van der Waals surface area contributed by atoms with E-state index in [9.17, 15) is 4.79 Å². The van der Waals surface area contributed by atoms with Gasteiger partial charge in [0.05, 0.1) is 0 Å². The van der Waals surface area contributed by atoms with Gasteiger partial charge in [-0.25, -0.2) is 0 Å². The lowest BCUT2D eigenvalue weighted by atomic mass is 10.0. The summed E-state index contributed by atoms with van der Waals surface area (Å²) in [5, 5.41) is 0. The quantitative estimate of drug-likeness (QED) is 0.779. The lowest BCUT2D eigenvalue weighted by molar-refractivity contribution is -0.117. The minimum Gasteiger partial charge on any atom is -0.326 e. The number of rotatable bonds is 1. The van der Waals surface area contributed by atoms with Crippen molar-refractivity contribution in [3.63, 3.8) is 0 Å². The average molecular weight is 218 g/mol. The summed E-state index contributed by atoms with van der Waals surface area (Å²) in [5.74, 6) is 0.138. The molecular formula is C13H18N2O. The zero-order valence-electron chi connectivity index (χ0n) is 10.1. The highest BCUT2D eigenvalue weighted by Gasteiger charge is 2.28. The van der Waals surface area contributed by atoms with Crippen LogP contribution in [0.3, 0.4) is 0 Å². The minimum absolute atomic E-state index is 0.0199. The molecule has 1 atom stereocenters. The summed E-state index contributed by atoms with van der Waals surface area (Å²) in [6.45, 7) is 6.84. The Morgan fingerprint density at radius 3 is 2.38 bits per heavy atom. The maximum atomic E-state index is 11.8. The number of hydrogen-bond acceptors (Lipinski definition) is 2. The summed E-state index contributed by atoms with van der Waals surface area (Å²) in [6, 6.07) is 4.19. The third-order valence-electron chi connectivity index (χ3n) is 3.26. The molecule has 0 radical (unpaired) electrons. The number of amides is 1. The van der Waals surface area contributed by atoms with E-state index in [0.717, 1.165) is 11.3 Å². The van der Waals surface area contributed by atoms with Crippen LogP contribution in [0.2, 0.25) is 0 Å². The Balaban J connectivity index is 2.41. The second-order valence-corrected chi connectivity index (χ2v) is 4.69. The maximum Gasteiger partial charge on any atom is 0.228 e. The molecule has 2 N–H and O–H groups in total. The molecule has 1 amide bonds. The number of anilines is 1. The second kappa shape index (κ2) is 3.91. The van der Waals surface area contributed by atoms with Gasteiger partial charge in [0.1, 0.15) is 0 Å². The molecule has 1 aromatic rings. The number of carbonyl (C=O) groups excluding carboxylic acids is 1. The number of nitrogens with zero attached hydrogens (tertiary/aromatic N) is 1. The Morgan fingerprint density at radius 1 is 1.19 bits per heavy atom. The number of nitrogens with two attached hydrogens (primary N) is 1. The molecular weight excluding hydrogens is 200 g/mol. The van der Waals surface area contributed by atoms with Gasteiger partial charge in [-0.15, -0.1) is 0 Å². The van der Waals surface area contributed by atoms with Crippen molar-refractivity contribution < 1.29 is 4.79 Å². The van der Waals surface area contributed by atoms with E-state index in [1.54, 1.807) is 0 Å². The fraction of sp³-hybridized carbons (Fsp3) is 0.462. The fourth-order valence-corrected chi connectivity index (χ4v) is 2.20. The summed E-state index contributed by atoms with van der Waals surface area (Å²) in [5.41, 5.74) is 10.4. The third-order valence-corrected chi connectivity index (χ3v) is 3.26. The predicted octanol–water partition coefficient (Wildman–Crippen LogP) is 1.68. The van der Waals surface area contributed by atoms with Crippen molar-refractivity contribution in [2.75, 3.05) is 11.4 Å². The van der Waals surface area contributed by atoms with Crippen molar-refractivity contribution in [1.82, 2.24) is 0 Å². The van der Waals surface area contributed by atoms with Crippen LogP contribution >= 0.6 is 0 Å². The van der Waals surface area contributed by atoms with Gasteiger partial charge in [0.15, 0.2) is 0 Å². The highest BCUT2D eigenvalue weighted by Crippen LogP contribution is 2.27. The summed E-state index contributed by atoms with van der Waals surface area (Å²) in [7, 11) is 0. The number of benzene rings is 1. The van der Waals surface area contributed by atoms with Crippen LogP contribution in [0.1, 0.15) is 23.1 Å². The lowest BCUT2D eigenvalue weighted by Gasteiger charge is -2.20. The Morgan fingerprint density at radius 2 is 1.81 bits per heavy atom. The summed E-state index contributed by atoms with van der Waals surface area (Å²) < 4.78 is 0. The van der Waals surface area contributed by atoms with Gasteiger partial charge in [-0.05, 0) is 43.5 Å². The van der Waals surface area contributed by atoms with Gasteiger partial charge in [0, 0.05) is 24.7 Å². The van der Waals surface area contributed by atoms with Gasteiger partial charge in [-0.3, -0.25) is 4.79 Å². The normalized spacial score (nSPS) is 20.6. The van der Waals surface area contributed by atoms with Crippen LogP contribution in [0.5, 0.6) is 0 Å². The first-order valence-corrected chi connectivity index (χ1v) is 5.63. The van der Waals surface area contributed by atoms with E-state index in [-0.39, 0.29) is 11.9 Å². The standard InChI is InChI=1S/C13H18N2O/c1-8-4-10(3)12(5-9(8)2)15-7-11(14)6-13(15)16/h4-5,11H,6-7,14H2,1-3H3. The van der Waals surface area contributed by atoms with E-state index >= 15 is 0 Å². The van der Waals surface area contributed by atoms with E-state index in [4.69, 9.17) is 5.73 Å². The molecule has 3 heteroatoms. The minimum atomic E-state index is -0.0199. The van der Waals surface area contributed by atoms with Crippen LogP contribution in [0, 0.1) is 20.8 Å². The van der Waals surface area contributed by atoms with Crippen molar-refractivity contribution in [3.8, 4) is 0 Å². The first-order valence-electron chi connectivity index (χ1n) is 5.63. The molecule has 1 aliphatic heterocycles. The Bertz CT molecular complexity index is 440. The van der Waals surface area contributed by atoms with E-state index in [2.05, 4.69) is 26.0 Å². The van der Waals surface area contributed by atoms with Gasteiger partial charge in [-0.1, -0.05) is 6.07 Å². The molecule has 86 valence electrons. The van der Waals surface area contributed by atoms with Crippen LogP contribution in [0.25, 0.3) is 0 Å². The molecule has 1 aromatic carbocycles. The number of aryl methyl sites for hydroxylation is 3. The van der Waals surface area contributed by atoms with Crippen LogP contribution in [0.15, 0.2) is 12.1 Å². The molecule has 1 aliphatic rings. The number of carbonyl (C=O) groups is 1. The Kier molecular flexibility index (Phi) is 2.72. The van der Waals surface area contributed by atoms with Crippen molar-refractivity contribution in [2.45, 2.75) is 33.2 Å². The van der Waals surface area contributed by atoms with Gasteiger partial charge < -0.3 is 10.6 Å². The zero-order valence-corrected chi connectivity index (χ0v) is 10.1. The topological polar surface area (TPSA) is 46.3 Å². The first-order chi connectivity index (χ1) is 7.49. The second-order valence-electron chi connectivity index (χ2n) is 4.69. The smallest absolute Gasteiger partial charge is 0.228 e. The SMILES string of the molecule is Cc1cc(C)c(N2CC(N)CC2=O)cc1C. The molecule has 1 heterocycles. The van der Waals surface area contributed by atoms with Crippen molar-refractivity contribution >= 4 is 11.6 Å². The van der Waals surface area contributed by atoms with E-state index in [1.807, 2.05) is 11.8 Å². The van der Waals surface area contributed by atoms with Crippen LogP contribution in [-0.4, -0.2) is 18.5 Å². The monoisotopic (exact) mass is 218 g/mol. The van der Waals surface area contributed by atoms with Gasteiger partial charge in [-0.2, -0.15) is 0 Å². The lowest BCUT2D eigenvalue weighted by Crippen LogP contribution is -2.28. The molecule has 16 heavy (non-hydrogen) atoms. The zero-order chi connectivity index (χ0) is 11.9. The largest absolute Gasteiger partial charge is 0.326 e. The predicted molar refractivity (Wildman–Crippen MR) is 65.6 cm³/mol. The Labute approximate surface area is 96.2 Å². The fourth-order valence-electron chi connectivity index (χ4n) is 2.20. The first kappa shape index (κ1) is 11.1. The van der Waals surface area contributed by atoms with E-state index in [0.29, 0.717) is 13.0 Å². The van der Waals surface area contributed by atoms with Crippen molar-refractivity contribution in [3.05, 3.63) is 28.8 Å². The summed E-state index contributed by atoms with van der Waals surface area (Å²) >= 11 is 0. The van der Waals surface area contributed by atoms with Gasteiger partial charge >= 0.3 is 0 Å². The molecule has 2 rings (SSSR count). The summed E-state index contributed by atoms with van der Waals surface area (Å²) in [6.07, 6.45) is 0.465. The van der Waals surface area contributed by atoms with Crippen LogP contribution in [-0.2, 0) is 4.79 Å². The molecule has 1 saturated heterocycles. The molecule has 0 spiro atoms. The van der Waals surface area contributed by atoms with Crippen molar-refractivity contribution in [2.24, 2.45) is 5.73 Å². The van der Waals surface area contributed by atoms with Crippen molar-refractivity contribution in [1.29, 1.82) is 0 Å². The highest BCUT2D eigenvalue weighted by atomic mass is 16.2. The molecule has 1 unspecified atom stereocenters. The van der Waals surface area contributed by atoms with Crippen LogP contribution in [0.4, 0.5) is 5.69 Å². The molecule has 0 saturated carbocycles. The average Bonchev–Trinajstić information content (AvgIpc) is 2.51. The van der Waals surface area contributed by atoms with Gasteiger partial charge in [0.2, 0.25) is 5.91 Å². The molecule has 0 aromatic heterocycles. The summed E-state index contributed by atoms with van der Waals surface area (Å²) in [4.78, 5) is 13.6. The number of hydrogen-bond donors (Lipinski definition) is 1. The highest BCUT2D eigenvalue weighted by molar-refractivity contribution is 5.97. The van der Waals surface area contributed by atoms with Gasteiger partial charge in [0.25, 0.3) is 0 Å². The maximum absolute atomic E-state index is 11.8. The van der Waals surface area contributed by atoms with Crippen LogP contribution < -0.4 is 10.6 Å². The Hall–Kier alpha value is -1.35. The van der Waals surface area contributed by atoms with E-state index in [1.165, 1.54) is 11.1 Å².